The third-order valence-electron chi connectivity index (χ3n) is 3.41. The number of ether oxygens (including phenoxy) is 2. The minimum Gasteiger partial charge on any atom is -0.493 e. The largest absolute Gasteiger partial charge is 0.493 e. The molecule has 1 aliphatic rings. The molecule has 0 aromatic heterocycles. The van der Waals surface area contributed by atoms with Crippen LogP contribution in [-0.4, -0.2) is 24.3 Å². The summed E-state index contributed by atoms with van der Waals surface area (Å²) in [5, 5.41) is 11.7. The Morgan fingerprint density at radius 3 is 2.63 bits per heavy atom. The molecule has 1 saturated carbocycles. The first kappa shape index (κ1) is 13.5. The second-order valence-corrected chi connectivity index (χ2v) is 4.73. The Kier molecular flexibility index (Phi) is 4.49. The minimum absolute atomic E-state index is 0.0579. The lowest BCUT2D eigenvalue weighted by atomic mass is 9.98. The number of rotatable bonds is 4. The second-order valence-electron chi connectivity index (χ2n) is 4.73. The van der Waals surface area contributed by atoms with Gasteiger partial charge in [-0.2, -0.15) is 0 Å². The molecule has 5 nitrogen and oxygen atoms in total. The first-order valence-corrected chi connectivity index (χ1v) is 6.57. The average molecular weight is 264 g/mol. The number of nitrogens with zero attached hydrogens (tertiary/aromatic N) is 1. The van der Waals surface area contributed by atoms with Gasteiger partial charge in [-0.25, -0.2) is 0 Å². The summed E-state index contributed by atoms with van der Waals surface area (Å²) in [5.74, 6) is 1.38. The van der Waals surface area contributed by atoms with Crippen LogP contribution in [0, 0.1) is 0 Å². The molecule has 0 atom stereocenters. The summed E-state index contributed by atoms with van der Waals surface area (Å²) >= 11 is 0. The topological polar surface area (TPSA) is 77.1 Å². The number of hydrogen-bond donors (Lipinski definition) is 2. The van der Waals surface area contributed by atoms with Crippen molar-refractivity contribution in [3.05, 3.63) is 23.8 Å². The van der Waals surface area contributed by atoms with Gasteiger partial charge in [0.05, 0.1) is 13.2 Å². The zero-order chi connectivity index (χ0) is 13.7. The minimum atomic E-state index is 0.0579. The lowest BCUT2D eigenvalue weighted by Gasteiger charge is -2.24. The maximum absolute atomic E-state index is 8.67. The summed E-state index contributed by atoms with van der Waals surface area (Å²) in [6.45, 7) is 0. The van der Waals surface area contributed by atoms with Gasteiger partial charge in [-0.3, -0.25) is 0 Å². The van der Waals surface area contributed by atoms with E-state index < -0.39 is 0 Å². The molecule has 0 bridgehead atoms. The Morgan fingerprint density at radius 2 is 2.00 bits per heavy atom. The molecule has 19 heavy (non-hydrogen) atoms. The van der Waals surface area contributed by atoms with Crippen molar-refractivity contribution in [3.63, 3.8) is 0 Å². The predicted octanol–water partition coefficient (Wildman–Crippen LogP) is 2.50. The van der Waals surface area contributed by atoms with Crippen LogP contribution in [0.25, 0.3) is 0 Å². The molecule has 0 amide bonds. The Bertz CT molecular complexity index is 454. The molecular formula is C14H20N2O3. The van der Waals surface area contributed by atoms with Crippen molar-refractivity contribution in [1.82, 2.24) is 0 Å². The van der Waals surface area contributed by atoms with Crippen molar-refractivity contribution in [3.8, 4) is 11.5 Å². The van der Waals surface area contributed by atoms with E-state index in [4.69, 9.17) is 20.4 Å². The highest BCUT2D eigenvalue weighted by molar-refractivity contribution is 5.97. The monoisotopic (exact) mass is 264 g/mol. The van der Waals surface area contributed by atoms with Crippen molar-refractivity contribution >= 4 is 5.84 Å². The Labute approximate surface area is 113 Å². The lowest BCUT2D eigenvalue weighted by molar-refractivity contribution is 0.149. The number of hydrogen-bond acceptors (Lipinski definition) is 4. The van der Waals surface area contributed by atoms with Crippen LogP contribution in [-0.2, 0) is 0 Å². The van der Waals surface area contributed by atoms with Crippen molar-refractivity contribution in [2.75, 3.05) is 7.11 Å². The molecule has 104 valence electrons. The van der Waals surface area contributed by atoms with Crippen molar-refractivity contribution in [2.24, 2.45) is 10.9 Å². The summed E-state index contributed by atoms with van der Waals surface area (Å²) < 4.78 is 11.3. The molecule has 3 N–H and O–H groups in total. The second kappa shape index (κ2) is 6.31. The zero-order valence-corrected chi connectivity index (χ0v) is 11.1. The molecule has 0 aliphatic heterocycles. The average Bonchev–Trinajstić information content (AvgIpc) is 2.48. The first-order chi connectivity index (χ1) is 9.24. The summed E-state index contributed by atoms with van der Waals surface area (Å²) in [5.41, 5.74) is 6.16. The number of benzene rings is 1. The van der Waals surface area contributed by atoms with Crippen LogP contribution in [0.2, 0.25) is 0 Å². The Balaban J connectivity index is 2.15. The van der Waals surface area contributed by atoms with E-state index in [9.17, 15) is 0 Å². The fourth-order valence-electron chi connectivity index (χ4n) is 2.34. The summed E-state index contributed by atoms with van der Waals surface area (Å²) in [4.78, 5) is 0. The van der Waals surface area contributed by atoms with Crippen LogP contribution >= 0.6 is 0 Å². The molecule has 0 unspecified atom stereocenters. The van der Waals surface area contributed by atoms with Crippen molar-refractivity contribution in [2.45, 2.75) is 38.2 Å². The van der Waals surface area contributed by atoms with Crippen LogP contribution in [0.5, 0.6) is 11.5 Å². The van der Waals surface area contributed by atoms with E-state index in [0.29, 0.717) is 17.1 Å². The van der Waals surface area contributed by atoms with Gasteiger partial charge in [0.15, 0.2) is 17.3 Å². The van der Waals surface area contributed by atoms with Gasteiger partial charge in [0.2, 0.25) is 0 Å². The van der Waals surface area contributed by atoms with Gasteiger partial charge in [-0.15, -0.1) is 0 Å². The maximum atomic E-state index is 8.67. The zero-order valence-electron chi connectivity index (χ0n) is 11.1. The number of nitrogens with two attached hydrogens (primary N) is 1. The van der Waals surface area contributed by atoms with Gasteiger partial charge in [0.25, 0.3) is 0 Å². The molecule has 0 spiro atoms. The van der Waals surface area contributed by atoms with Gasteiger partial charge in [-0.1, -0.05) is 11.6 Å². The summed E-state index contributed by atoms with van der Waals surface area (Å²) in [6, 6.07) is 5.28. The maximum Gasteiger partial charge on any atom is 0.170 e. The number of methoxy groups -OCH3 is 1. The summed E-state index contributed by atoms with van der Waals surface area (Å²) in [7, 11) is 1.58. The normalized spacial score (nSPS) is 17.2. The van der Waals surface area contributed by atoms with E-state index in [2.05, 4.69) is 5.16 Å². The molecular weight excluding hydrogens is 244 g/mol. The quantitative estimate of drug-likeness (QED) is 0.379. The van der Waals surface area contributed by atoms with Gasteiger partial charge in [-0.05, 0) is 43.9 Å². The smallest absolute Gasteiger partial charge is 0.170 e. The highest BCUT2D eigenvalue weighted by Gasteiger charge is 2.17. The van der Waals surface area contributed by atoms with E-state index >= 15 is 0 Å². The molecule has 0 radical (unpaired) electrons. The van der Waals surface area contributed by atoms with Crippen molar-refractivity contribution in [1.29, 1.82) is 0 Å². The molecule has 0 saturated heterocycles. The molecule has 2 rings (SSSR count). The third-order valence-corrected chi connectivity index (χ3v) is 3.41. The highest BCUT2D eigenvalue weighted by atomic mass is 16.5. The third kappa shape index (κ3) is 3.30. The van der Waals surface area contributed by atoms with Crippen LogP contribution in [0.4, 0.5) is 0 Å². The van der Waals surface area contributed by atoms with Crippen LogP contribution in [0.3, 0.4) is 0 Å². The Morgan fingerprint density at radius 1 is 1.26 bits per heavy atom. The fourth-order valence-corrected chi connectivity index (χ4v) is 2.34. The van der Waals surface area contributed by atoms with Crippen LogP contribution in [0.1, 0.15) is 37.7 Å². The van der Waals surface area contributed by atoms with E-state index in [-0.39, 0.29) is 11.9 Å². The highest BCUT2D eigenvalue weighted by Crippen LogP contribution is 2.31. The summed E-state index contributed by atoms with van der Waals surface area (Å²) in [6.07, 6.45) is 6.16. The fraction of sp³-hybridized carbons (Fsp3) is 0.500. The SMILES string of the molecule is COc1cc(/C(N)=N/O)ccc1OC1CCCCC1. The number of oxime groups is 1. The van der Waals surface area contributed by atoms with E-state index in [1.807, 2.05) is 0 Å². The first-order valence-electron chi connectivity index (χ1n) is 6.57. The van der Waals surface area contributed by atoms with E-state index in [0.717, 1.165) is 12.8 Å². The Hall–Kier alpha value is -1.91. The molecule has 1 aromatic carbocycles. The van der Waals surface area contributed by atoms with E-state index in [1.165, 1.54) is 19.3 Å². The lowest BCUT2D eigenvalue weighted by Crippen LogP contribution is -2.20. The molecule has 5 heteroatoms. The van der Waals surface area contributed by atoms with Gasteiger partial charge in [0.1, 0.15) is 0 Å². The van der Waals surface area contributed by atoms with Gasteiger partial charge >= 0.3 is 0 Å². The molecule has 1 aliphatic carbocycles. The van der Waals surface area contributed by atoms with Gasteiger partial charge in [0, 0.05) is 5.56 Å². The van der Waals surface area contributed by atoms with Crippen LogP contribution in [0.15, 0.2) is 23.4 Å². The van der Waals surface area contributed by atoms with Crippen molar-refractivity contribution < 1.29 is 14.7 Å². The number of amidine groups is 1. The van der Waals surface area contributed by atoms with Gasteiger partial charge < -0.3 is 20.4 Å². The standard InChI is InChI=1S/C14H20N2O3/c1-18-13-9-10(14(15)16-17)7-8-12(13)19-11-5-3-2-4-6-11/h7-9,11,17H,2-6H2,1H3,(H2,15,16). The molecule has 1 aromatic rings. The molecule has 1 fully saturated rings. The predicted molar refractivity (Wildman–Crippen MR) is 73.0 cm³/mol. The van der Waals surface area contributed by atoms with Crippen LogP contribution < -0.4 is 15.2 Å². The molecule has 0 heterocycles. The van der Waals surface area contributed by atoms with E-state index in [1.54, 1.807) is 25.3 Å².